The minimum absolute atomic E-state index is 0.0334. The number of aromatic amines is 1. The number of amides is 4. The molecule has 1 aromatic heterocycles. The number of phenols is 1. The summed E-state index contributed by atoms with van der Waals surface area (Å²) in [5, 5.41) is 36.1. The molecule has 15 heteroatoms. The quantitative estimate of drug-likeness (QED) is 0.0980. The number of aromatic nitrogens is 1. The molecule has 0 aliphatic carbocycles. The maximum atomic E-state index is 13.7. The molecular formula is C29H34N6O9. The second-order valence-electron chi connectivity index (χ2n) is 10.2. The second kappa shape index (κ2) is 15.2. The maximum Gasteiger partial charge on any atom is 0.326 e. The Morgan fingerprint density at radius 3 is 2.00 bits per heavy atom. The fourth-order valence-corrected chi connectivity index (χ4v) is 4.44. The van der Waals surface area contributed by atoms with E-state index in [2.05, 4.69) is 20.9 Å². The first-order valence-electron chi connectivity index (χ1n) is 13.6. The molecule has 0 aliphatic rings. The number of rotatable bonds is 16. The van der Waals surface area contributed by atoms with Crippen LogP contribution in [-0.2, 0) is 41.6 Å². The number of aliphatic carboxylic acids is 2. The number of carboxylic acid groups (broad SMARTS) is 2. The summed E-state index contributed by atoms with van der Waals surface area (Å²) in [5.41, 5.74) is 12.9. The third-order valence-electron chi connectivity index (χ3n) is 6.77. The third-order valence-corrected chi connectivity index (χ3v) is 6.77. The van der Waals surface area contributed by atoms with E-state index in [1.807, 2.05) is 0 Å². The van der Waals surface area contributed by atoms with Crippen molar-refractivity contribution in [3.63, 3.8) is 0 Å². The van der Waals surface area contributed by atoms with Gasteiger partial charge >= 0.3 is 11.9 Å². The number of aromatic hydroxyl groups is 1. The molecule has 2 aromatic carbocycles. The number of para-hydroxylation sites is 1. The van der Waals surface area contributed by atoms with Gasteiger partial charge in [0, 0.05) is 36.4 Å². The highest BCUT2D eigenvalue weighted by Crippen LogP contribution is 2.20. The van der Waals surface area contributed by atoms with Crippen LogP contribution in [0.3, 0.4) is 0 Å². The Balaban J connectivity index is 1.90. The highest BCUT2D eigenvalue weighted by atomic mass is 16.4. The number of phenolic OH excluding ortho intramolecular Hbond substituents is 1. The Morgan fingerprint density at radius 2 is 1.39 bits per heavy atom. The standard InChI is InChI=1S/C29H34N6O9/c30-19(9-10-25(38)39)26(40)33-21(11-15-5-7-17(36)8-6-15)27(41)34-22(28(42)35-23(29(43)44)13-24(31)37)12-16-14-32-20-4-2-1-3-18(16)20/h1-8,14,19,21-23,32,36H,9-13,30H2,(H2,31,37)(H,33,40)(H,34,41)(H,35,42)(H,38,39)(H,43,44). The van der Waals surface area contributed by atoms with Crippen LogP contribution < -0.4 is 27.4 Å². The normalized spacial score (nSPS) is 13.7. The summed E-state index contributed by atoms with van der Waals surface area (Å²) in [7, 11) is 0. The molecule has 0 saturated heterocycles. The summed E-state index contributed by atoms with van der Waals surface area (Å²) in [6.45, 7) is 0. The number of fused-ring (bicyclic) bond motifs is 1. The lowest BCUT2D eigenvalue weighted by Gasteiger charge is -2.25. The number of benzene rings is 2. The van der Waals surface area contributed by atoms with Crippen molar-refractivity contribution in [2.75, 3.05) is 0 Å². The van der Waals surface area contributed by atoms with Gasteiger partial charge in [0.15, 0.2) is 0 Å². The van der Waals surface area contributed by atoms with Gasteiger partial charge in [0.05, 0.1) is 12.5 Å². The van der Waals surface area contributed by atoms with Gasteiger partial charge in [0.25, 0.3) is 0 Å². The maximum absolute atomic E-state index is 13.7. The van der Waals surface area contributed by atoms with Crippen LogP contribution in [0.2, 0.25) is 0 Å². The summed E-state index contributed by atoms with van der Waals surface area (Å²) in [6, 6.07) is 7.34. The van der Waals surface area contributed by atoms with Crippen molar-refractivity contribution in [1.29, 1.82) is 0 Å². The zero-order valence-electron chi connectivity index (χ0n) is 23.5. The second-order valence-corrected chi connectivity index (χ2v) is 10.2. The van der Waals surface area contributed by atoms with E-state index in [9.17, 15) is 39.0 Å². The molecule has 4 unspecified atom stereocenters. The van der Waals surface area contributed by atoms with Crippen LogP contribution in [0, 0.1) is 0 Å². The SMILES string of the molecule is NC(=O)CC(NC(=O)C(Cc1c[nH]c2ccccc12)NC(=O)C(Cc1ccc(O)cc1)NC(=O)C(N)CCC(=O)O)C(=O)O. The van der Waals surface area contributed by atoms with E-state index < -0.39 is 66.2 Å². The van der Waals surface area contributed by atoms with E-state index in [1.54, 1.807) is 30.5 Å². The van der Waals surface area contributed by atoms with Gasteiger partial charge in [0.1, 0.15) is 23.9 Å². The van der Waals surface area contributed by atoms with Crippen molar-refractivity contribution in [2.45, 2.75) is 56.3 Å². The van der Waals surface area contributed by atoms with E-state index in [4.69, 9.17) is 16.6 Å². The van der Waals surface area contributed by atoms with Crippen molar-refractivity contribution in [3.8, 4) is 5.75 Å². The molecule has 0 aliphatic heterocycles. The van der Waals surface area contributed by atoms with Crippen LogP contribution in [-0.4, -0.2) is 80.0 Å². The molecule has 0 bridgehead atoms. The molecule has 0 radical (unpaired) electrons. The Hall–Kier alpha value is -5.44. The Labute approximate surface area is 251 Å². The van der Waals surface area contributed by atoms with Gasteiger partial charge in [-0.3, -0.25) is 24.0 Å². The topological polar surface area (TPSA) is 267 Å². The lowest BCUT2D eigenvalue weighted by Crippen LogP contribution is -2.58. The molecular weight excluding hydrogens is 576 g/mol. The van der Waals surface area contributed by atoms with Gasteiger partial charge in [-0.2, -0.15) is 0 Å². The number of hydrogen-bond donors (Lipinski definition) is 9. The van der Waals surface area contributed by atoms with Gasteiger partial charge in [0.2, 0.25) is 23.6 Å². The Bertz CT molecular complexity index is 1520. The number of nitrogens with two attached hydrogens (primary N) is 2. The molecule has 15 nitrogen and oxygen atoms in total. The number of primary amides is 1. The summed E-state index contributed by atoms with van der Waals surface area (Å²) in [6.07, 6.45) is 0.144. The Kier molecular flexibility index (Phi) is 11.4. The molecule has 3 aromatic rings. The van der Waals surface area contributed by atoms with Crippen LogP contribution in [0.5, 0.6) is 5.75 Å². The molecule has 11 N–H and O–H groups in total. The lowest BCUT2D eigenvalue weighted by molar-refractivity contribution is -0.143. The van der Waals surface area contributed by atoms with Crippen molar-refractivity contribution in [3.05, 3.63) is 65.9 Å². The lowest BCUT2D eigenvalue weighted by atomic mass is 10.0. The number of carbonyl (C=O) groups excluding carboxylic acids is 4. The number of H-pyrrole nitrogens is 1. The average Bonchev–Trinajstić information content (AvgIpc) is 3.38. The van der Waals surface area contributed by atoms with Gasteiger partial charge in [-0.15, -0.1) is 0 Å². The average molecular weight is 611 g/mol. The minimum atomic E-state index is -1.66. The Morgan fingerprint density at radius 1 is 0.795 bits per heavy atom. The van der Waals surface area contributed by atoms with Crippen LogP contribution in [0.1, 0.15) is 30.4 Å². The fraction of sp³-hybridized carbons (Fsp3) is 0.310. The predicted molar refractivity (Wildman–Crippen MR) is 156 cm³/mol. The van der Waals surface area contributed by atoms with Crippen molar-refractivity contribution >= 4 is 46.5 Å². The van der Waals surface area contributed by atoms with Gasteiger partial charge in [-0.25, -0.2) is 4.79 Å². The summed E-state index contributed by atoms with van der Waals surface area (Å²) < 4.78 is 0. The van der Waals surface area contributed by atoms with Crippen molar-refractivity contribution < 1.29 is 44.1 Å². The summed E-state index contributed by atoms with van der Waals surface area (Å²) >= 11 is 0. The van der Waals surface area contributed by atoms with E-state index in [0.717, 1.165) is 10.9 Å². The molecule has 4 atom stereocenters. The number of nitrogens with one attached hydrogen (secondary N) is 4. The summed E-state index contributed by atoms with van der Waals surface area (Å²) in [5.74, 6) is -6.24. The van der Waals surface area contributed by atoms with E-state index >= 15 is 0 Å². The van der Waals surface area contributed by atoms with Crippen LogP contribution in [0.25, 0.3) is 10.9 Å². The van der Waals surface area contributed by atoms with Crippen molar-refractivity contribution in [1.82, 2.24) is 20.9 Å². The number of carbonyl (C=O) groups is 6. The van der Waals surface area contributed by atoms with E-state index in [-0.39, 0.29) is 31.4 Å². The van der Waals surface area contributed by atoms with Crippen LogP contribution in [0.4, 0.5) is 0 Å². The molecule has 44 heavy (non-hydrogen) atoms. The zero-order valence-corrected chi connectivity index (χ0v) is 23.5. The first-order valence-corrected chi connectivity index (χ1v) is 13.6. The highest BCUT2D eigenvalue weighted by molar-refractivity contribution is 5.95. The van der Waals surface area contributed by atoms with E-state index in [0.29, 0.717) is 11.1 Å². The zero-order chi connectivity index (χ0) is 32.4. The van der Waals surface area contributed by atoms with Gasteiger partial charge in [-0.1, -0.05) is 30.3 Å². The summed E-state index contributed by atoms with van der Waals surface area (Å²) in [4.78, 5) is 76.9. The predicted octanol–water partition coefficient (Wildman–Crippen LogP) is -0.735. The first kappa shape index (κ1) is 33.1. The molecule has 0 saturated carbocycles. The number of hydrogen-bond acceptors (Lipinski definition) is 8. The molecule has 234 valence electrons. The smallest absolute Gasteiger partial charge is 0.326 e. The van der Waals surface area contributed by atoms with Crippen LogP contribution >= 0.6 is 0 Å². The minimum Gasteiger partial charge on any atom is -0.508 e. The largest absolute Gasteiger partial charge is 0.508 e. The molecule has 0 fully saturated rings. The highest BCUT2D eigenvalue weighted by Gasteiger charge is 2.32. The van der Waals surface area contributed by atoms with Crippen LogP contribution in [0.15, 0.2) is 54.7 Å². The molecule has 1 heterocycles. The third kappa shape index (κ3) is 9.55. The molecule has 4 amide bonds. The monoisotopic (exact) mass is 610 g/mol. The number of carboxylic acids is 2. The molecule has 3 rings (SSSR count). The van der Waals surface area contributed by atoms with Gasteiger partial charge < -0.3 is 47.7 Å². The van der Waals surface area contributed by atoms with Gasteiger partial charge in [-0.05, 0) is 35.7 Å². The van der Waals surface area contributed by atoms with Crippen molar-refractivity contribution in [2.24, 2.45) is 11.5 Å². The molecule has 0 spiro atoms. The fourth-order valence-electron chi connectivity index (χ4n) is 4.44. The van der Waals surface area contributed by atoms with E-state index in [1.165, 1.54) is 24.3 Å². The first-order chi connectivity index (χ1) is 20.8.